The summed E-state index contributed by atoms with van der Waals surface area (Å²) in [6.45, 7) is 7.67. The molecule has 0 bridgehead atoms. The summed E-state index contributed by atoms with van der Waals surface area (Å²) in [7, 11) is 0. The fourth-order valence-electron chi connectivity index (χ4n) is 7.21. The Balaban J connectivity index is 1.42. The molecule has 1 heterocycles. The topological polar surface area (TPSA) is 29.5 Å². The van der Waals surface area contributed by atoms with E-state index in [2.05, 4.69) is 80.3 Å². The van der Waals surface area contributed by atoms with Gasteiger partial charge in [-0.2, -0.15) is 0 Å². The van der Waals surface area contributed by atoms with Crippen LogP contribution in [0.1, 0.15) is 81.9 Å². The van der Waals surface area contributed by atoms with Crippen LogP contribution in [0.2, 0.25) is 0 Å². The average Bonchev–Trinajstić information content (AvgIpc) is 3.04. The number of rotatable bonds is 4. The Morgan fingerprint density at radius 1 is 0.971 bits per heavy atom. The molecule has 188 valence electrons. The van der Waals surface area contributed by atoms with Gasteiger partial charge in [0.2, 0.25) is 0 Å². The van der Waals surface area contributed by atoms with Gasteiger partial charge in [-0.05, 0) is 85.3 Å². The monoisotopic (exact) mass is 473 g/mol. The minimum absolute atomic E-state index is 0.0429. The van der Waals surface area contributed by atoms with Crippen LogP contribution in [-0.4, -0.2) is 29.7 Å². The second kappa shape index (κ2) is 10.8. The third-order valence-electron chi connectivity index (χ3n) is 9.28. The molecule has 0 aromatic heterocycles. The van der Waals surface area contributed by atoms with Crippen LogP contribution < -0.4 is 0 Å². The molecule has 3 aliphatic rings. The van der Waals surface area contributed by atoms with E-state index in [9.17, 15) is 4.79 Å². The van der Waals surface area contributed by atoms with Gasteiger partial charge in [-0.3, -0.25) is 0 Å². The van der Waals surface area contributed by atoms with Gasteiger partial charge in [0.15, 0.2) is 0 Å². The highest BCUT2D eigenvalue weighted by Gasteiger charge is 2.40. The standard InChI is InChI=1S/C32H43NO2/c1-22(2)28-18-13-23(3)19-31(28)35-32(34)33-21-30-26(15-14-25-11-7-8-12-29(25)30)16-17-27(33)20-24-9-5-4-6-10-24/h4-12,22-23,26-28,30-31H,13-21H2,1-3H3. The maximum absolute atomic E-state index is 14.0. The van der Waals surface area contributed by atoms with E-state index in [0.717, 1.165) is 25.8 Å². The van der Waals surface area contributed by atoms with Gasteiger partial charge in [0.05, 0.1) is 0 Å². The van der Waals surface area contributed by atoms with Crippen LogP contribution in [0.4, 0.5) is 4.79 Å². The third-order valence-corrected chi connectivity index (χ3v) is 9.28. The molecule has 1 saturated heterocycles. The zero-order valence-electron chi connectivity index (χ0n) is 21.9. The zero-order chi connectivity index (χ0) is 24.4. The average molecular weight is 474 g/mol. The van der Waals surface area contributed by atoms with Crippen molar-refractivity contribution in [1.29, 1.82) is 0 Å². The van der Waals surface area contributed by atoms with Crippen molar-refractivity contribution in [2.24, 2.45) is 23.7 Å². The maximum atomic E-state index is 14.0. The molecular formula is C32H43NO2. The number of nitrogens with zero attached hydrogens (tertiary/aromatic N) is 1. The summed E-state index contributed by atoms with van der Waals surface area (Å²) < 4.78 is 6.45. The van der Waals surface area contributed by atoms with E-state index in [-0.39, 0.29) is 18.2 Å². The maximum Gasteiger partial charge on any atom is 0.410 e. The number of aryl methyl sites for hydroxylation is 1. The lowest BCUT2D eigenvalue weighted by atomic mass is 9.73. The molecule has 3 heteroatoms. The van der Waals surface area contributed by atoms with Crippen LogP contribution in [0.15, 0.2) is 54.6 Å². The van der Waals surface area contributed by atoms with Crippen molar-refractivity contribution >= 4 is 6.09 Å². The van der Waals surface area contributed by atoms with E-state index >= 15 is 0 Å². The lowest BCUT2D eigenvalue weighted by Gasteiger charge is -2.40. The van der Waals surface area contributed by atoms with Crippen molar-refractivity contribution in [1.82, 2.24) is 4.90 Å². The van der Waals surface area contributed by atoms with Crippen molar-refractivity contribution in [2.75, 3.05) is 6.54 Å². The first-order chi connectivity index (χ1) is 17.0. The van der Waals surface area contributed by atoms with Gasteiger partial charge in [0.1, 0.15) is 6.10 Å². The summed E-state index contributed by atoms with van der Waals surface area (Å²) in [5.41, 5.74) is 4.25. The highest BCUT2D eigenvalue weighted by molar-refractivity contribution is 5.68. The molecule has 2 fully saturated rings. The highest BCUT2D eigenvalue weighted by Crippen LogP contribution is 2.43. The molecule has 6 unspecified atom stereocenters. The molecule has 2 aliphatic carbocycles. The number of carbonyl (C=O) groups is 1. The predicted molar refractivity (Wildman–Crippen MR) is 142 cm³/mol. The van der Waals surface area contributed by atoms with E-state index in [1.54, 1.807) is 0 Å². The Morgan fingerprint density at radius 2 is 1.74 bits per heavy atom. The van der Waals surface area contributed by atoms with Crippen LogP contribution in [0.3, 0.4) is 0 Å². The molecule has 6 atom stereocenters. The number of carbonyl (C=O) groups excluding carboxylic acids is 1. The second-order valence-corrected chi connectivity index (χ2v) is 11.9. The molecule has 1 amide bonds. The number of benzene rings is 2. The van der Waals surface area contributed by atoms with Gasteiger partial charge in [0.25, 0.3) is 0 Å². The molecule has 0 spiro atoms. The van der Waals surface area contributed by atoms with Crippen molar-refractivity contribution < 1.29 is 9.53 Å². The number of amides is 1. The quantitative estimate of drug-likeness (QED) is 0.457. The predicted octanol–water partition coefficient (Wildman–Crippen LogP) is 7.64. The van der Waals surface area contributed by atoms with E-state index < -0.39 is 0 Å². The first-order valence-electron chi connectivity index (χ1n) is 14.1. The molecule has 2 aromatic rings. The van der Waals surface area contributed by atoms with Crippen LogP contribution in [0, 0.1) is 23.7 Å². The van der Waals surface area contributed by atoms with Gasteiger partial charge in [0, 0.05) is 18.5 Å². The Kier molecular flexibility index (Phi) is 7.51. The molecule has 1 aliphatic heterocycles. The smallest absolute Gasteiger partial charge is 0.410 e. The second-order valence-electron chi connectivity index (χ2n) is 11.9. The fourth-order valence-corrected chi connectivity index (χ4v) is 7.21. The van der Waals surface area contributed by atoms with E-state index in [4.69, 9.17) is 4.74 Å². The Bertz CT molecular complexity index is 986. The van der Waals surface area contributed by atoms with Crippen molar-refractivity contribution in [3.63, 3.8) is 0 Å². The summed E-state index contributed by atoms with van der Waals surface area (Å²) >= 11 is 0. The number of likely N-dealkylation sites (tertiary alicyclic amines) is 1. The van der Waals surface area contributed by atoms with E-state index in [1.165, 1.54) is 48.8 Å². The van der Waals surface area contributed by atoms with Gasteiger partial charge >= 0.3 is 6.09 Å². The summed E-state index contributed by atoms with van der Waals surface area (Å²) in [6.07, 6.45) is 8.95. The number of ether oxygens (including phenoxy) is 1. The Morgan fingerprint density at radius 3 is 2.54 bits per heavy atom. The number of hydrogen-bond acceptors (Lipinski definition) is 2. The molecular weight excluding hydrogens is 430 g/mol. The molecule has 5 rings (SSSR count). The van der Waals surface area contributed by atoms with Gasteiger partial charge < -0.3 is 9.64 Å². The molecule has 2 aromatic carbocycles. The molecule has 0 radical (unpaired) electrons. The Labute approximate surface area is 212 Å². The van der Waals surface area contributed by atoms with Gasteiger partial charge in [-0.15, -0.1) is 0 Å². The van der Waals surface area contributed by atoms with Crippen molar-refractivity contribution in [2.45, 2.75) is 90.2 Å². The van der Waals surface area contributed by atoms with Crippen molar-refractivity contribution in [3.05, 3.63) is 71.3 Å². The molecule has 35 heavy (non-hydrogen) atoms. The minimum atomic E-state index is -0.0700. The largest absolute Gasteiger partial charge is 0.446 e. The van der Waals surface area contributed by atoms with Gasteiger partial charge in [-0.1, -0.05) is 81.8 Å². The van der Waals surface area contributed by atoms with E-state index in [1.807, 2.05) is 0 Å². The normalized spacial score (nSPS) is 30.8. The number of fused-ring (bicyclic) bond motifs is 3. The third kappa shape index (κ3) is 5.44. The van der Waals surface area contributed by atoms with Crippen LogP contribution in [0.25, 0.3) is 0 Å². The molecule has 3 nitrogen and oxygen atoms in total. The molecule has 0 N–H and O–H groups in total. The van der Waals surface area contributed by atoms with Crippen LogP contribution in [-0.2, 0) is 17.6 Å². The Hall–Kier alpha value is -2.29. The zero-order valence-corrected chi connectivity index (χ0v) is 21.9. The first kappa shape index (κ1) is 24.4. The summed E-state index contributed by atoms with van der Waals surface area (Å²) in [6, 6.07) is 19.8. The first-order valence-corrected chi connectivity index (χ1v) is 14.1. The fraction of sp³-hybridized carbons (Fsp3) is 0.594. The lowest BCUT2D eigenvalue weighted by Crippen LogP contribution is -2.46. The summed E-state index contributed by atoms with van der Waals surface area (Å²) in [5, 5.41) is 0. The van der Waals surface area contributed by atoms with Crippen molar-refractivity contribution in [3.8, 4) is 0 Å². The lowest BCUT2D eigenvalue weighted by molar-refractivity contribution is -0.0159. The van der Waals surface area contributed by atoms with Crippen LogP contribution in [0.5, 0.6) is 0 Å². The van der Waals surface area contributed by atoms with Gasteiger partial charge in [-0.25, -0.2) is 4.79 Å². The number of hydrogen-bond donors (Lipinski definition) is 0. The van der Waals surface area contributed by atoms with Crippen LogP contribution >= 0.6 is 0 Å². The van der Waals surface area contributed by atoms with E-state index in [0.29, 0.717) is 29.6 Å². The minimum Gasteiger partial charge on any atom is -0.446 e. The molecule has 1 saturated carbocycles. The highest BCUT2D eigenvalue weighted by atomic mass is 16.6. The summed E-state index contributed by atoms with van der Waals surface area (Å²) in [4.78, 5) is 16.1. The SMILES string of the molecule is CC1CCC(C(C)C)C(OC(=O)N2CC3c4ccccc4CCC3CCC2Cc2ccccc2)C1. The summed E-state index contributed by atoms with van der Waals surface area (Å²) in [5.74, 6) is 2.71.